The maximum atomic E-state index is 12.8. The van der Waals surface area contributed by atoms with Gasteiger partial charge in [0.1, 0.15) is 6.04 Å². The van der Waals surface area contributed by atoms with Crippen LogP contribution < -0.4 is 20.9 Å². The van der Waals surface area contributed by atoms with Crippen LogP contribution in [0, 0.1) is 6.92 Å². The summed E-state index contributed by atoms with van der Waals surface area (Å²) in [6.07, 6.45) is 0.542. The fourth-order valence-corrected chi connectivity index (χ4v) is 4.97. The van der Waals surface area contributed by atoms with Gasteiger partial charge in [-0.15, -0.1) is 11.3 Å². The summed E-state index contributed by atoms with van der Waals surface area (Å²) in [6, 6.07) is 4.81. The Hall–Kier alpha value is -3.40. The number of fused-ring (bicyclic) bond motifs is 1. The minimum absolute atomic E-state index is 0.211. The van der Waals surface area contributed by atoms with E-state index in [0.717, 1.165) is 21.7 Å². The highest BCUT2D eigenvalue weighted by atomic mass is 32.1. The molecule has 9 nitrogen and oxygen atoms in total. The minimum Gasteiger partial charge on any atom is -0.376 e. The number of amides is 5. The maximum Gasteiger partial charge on any atom is 0.319 e. The molecule has 2 aliphatic rings. The van der Waals surface area contributed by atoms with Crippen LogP contribution in [-0.4, -0.2) is 48.8 Å². The Balaban J connectivity index is 1.41. The quantitative estimate of drug-likeness (QED) is 0.599. The van der Waals surface area contributed by atoms with Crippen LogP contribution in [0.4, 0.5) is 16.2 Å². The fraction of sp³-hybridized carbons (Fsp3) is 0.364. The summed E-state index contributed by atoms with van der Waals surface area (Å²) in [4.78, 5) is 53.2. The summed E-state index contributed by atoms with van der Waals surface area (Å²) in [5, 5.41) is 9.80. The number of thiophene rings is 1. The van der Waals surface area contributed by atoms with Gasteiger partial charge < -0.3 is 20.4 Å². The average molecular weight is 456 g/mol. The lowest BCUT2D eigenvalue weighted by molar-refractivity contribution is -0.136. The van der Waals surface area contributed by atoms with E-state index >= 15 is 0 Å². The predicted molar refractivity (Wildman–Crippen MR) is 122 cm³/mol. The molecular weight excluding hydrogens is 430 g/mol. The van der Waals surface area contributed by atoms with E-state index in [1.165, 1.54) is 16.2 Å². The first-order valence-corrected chi connectivity index (χ1v) is 11.2. The first-order valence-electron chi connectivity index (χ1n) is 10.3. The molecule has 0 saturated carbocycles. The molecule has 0 bridgehead atoms. The first kappa shape index (κ1) is 21.8. The van der Waals surface area contributed by atoms with Crippen LogP contribution >= 0.6 is 11.3 Å². The van der Waals surface area contributed by atoms with E-state index < -0.39 is 11.9 Å². The van der Waals surface area contributed by atoms with Crippen molar-refractivity contribution in [2.75, 3.05) is 24.3 Å². The Kier molecular flexibility index (Phi) is 5.88. The van der Waals surface area contributed by atoms with E-state index in [1.54, 1.807) is 5.38 Å². The molecule has 1 saturated heterocycles. The van der Waals surface area contributed by atoms with Gasteiger partial charge in [0, 0.05) is 37.3 Å². The average Bonchev–Trinajstić information content (AvgIpc) is 3.28. The van der Waals surface area contributed by atoms with Gasteiger partial charge in [-0.3, -0.25) is 19.7 Å². The van der Waals surface area contributed by atoms with Gasteiger partial charge in [0.2, 0.25) is 11.8 Å². The third-order valence-electron chi connectivity index (χ3n) is 5.68. The van der Waals surface area contributed by atoms with E-state index in [0.29, 0.717) is 24.2 Å². The summed E-state index contributed by atoms with van der Waals surface area (Å²) < 4.78 is 0. The summed E-state index contributed by atoms with van der Waals surface area (Å²) >= 11 is 1.41. The predicted octanol–water partition coefficient (Wildman–Crippen LogP) is 2.21. The van der Waals surface area contributed by atoms with Gasteiger partial charge >= 0.3 is 6.03 Å². The third-order valence-corrected chi connectivity index (χ3v) is 6.71. The highest BCUT2D eigenvalue weighted by molar-refractivity contribution is 7.10. The minimum atomic E-state index is -0.646. The molecule has 1 fully saturated rings. The number of piperidine rings is 1. The van der Waals surface area contributed by atoms with Gasteiger partial charge in [0.05, 0.1) is 23.5 Å². The van der Waals surface area contributed by atoms with Crippen molar-refractivity contribution >= 4 is 46.5 Å². The third kappa shape index (κ3) is 4.18. The van der Waals surface area contributed by atoms with Gasteiger partial charge in [-0.2, -0.15) is 0 Å². The Labute approximate surface area is 189 Å². The van der Waals surface area contributed by atoms with Crippen LogP contribution in [0.3, 0.4) is 0 Å². The number of nitrogens with one attached hydrogen (secondary N) is 3. The van der Waals surface area contributed by atoms with Gasteiger partial charge in [-0.05, 0) is 36.6 Å². The molecule has 1 aromatic carbocycles. The summed E-state index contributed by atoms with van der Waals surface area (Å²) in [7, 11) is 3.83. The van der Waals surface area contributed by atoms with Crippen LogP contribution in [0.1, 0.15) is 39.2 Å². The second kappa shape index (κ2) is 8.62. The number of rotatable bonds is 5. The van der Waals surface area contributed by atoms with E-state index in [9.17, 15) is 19.2 Å². The number of carbonyl (C=O) groups excluding carboxylic acids is 4. The lowest BCUT2D eigenvalue weighted by atomic mass is 10.0. The normalized spacial score (nSPS) is 17.8. The van der Waals surface area contributed by atoms with Gasteiger partial charge in [0.15, 0.2) is 0 Å². The Bertz CT molecular complexity index is 1110. The van der Waals surface area contributed by atoms with Crippen molar-refractivity contribution in [1.29, 1.82) is 0 Å². The fourth-order valence-electron chi connectivity index (χ4n) is 4.00. The molecule has 0 aliphatic carbocycles. The number of hydrogen-bond donors (Lipinski definition) is 3. The number of imide groups is 1. The molecule has 1 unspecified atom stereocenters. The zero-order valence-electron chi connectivity index (χ0n) is 18.2. The Morgan fingerprint density at radius 1 is 1.28 bits per heavy atom. The first-order chi connectivity index (χ1) is 15.2. The molecule has 2 aromatic rings. The van der Waals surface area contributed by atoms with Crippen molar-refractivity contribution in [2.24, 2.45) is 0 Å². The number of carbonyl (C=O) groups is 4. The topological polar surface area (TPSA) is 111 Å². The number of aryl methyl sites for hydroxylation is 1. The second-order valence-electron chi connectivity index (χ2n) is 8.17. The number of nitrogens with zero attached hydrogens (tertiary/aromatic N) is 2. The molecule has 3 N–H and O–H groups in total. The number of hydrogen-bond acceptors (Lipinski definition) is 6. The molecule has 2 aliphatic heterocycles. The molecule has 168 valence electrons. The molecule has 32 heavy (non-hydrogen) atoms. The van der Waals surface area contributed by atoms with E-state index in [2.05, 4.69) is 16.0 Å². The van der Waals surface area contributed by atoms with Crippen molar-refractivity contribution < 1.29 is 19.2 Å². The van der Waals surface area contributed by atoms with Crippen LogP contribution in [0.5, 0.6) is 0 Å². The standard InChI is InChI=1S/C22H25N5O4S/c1-12-4-5-15(17(8-12)26(2)3)24-22(31)23-9-18-13-10-27(21(30)14(13)11-32-18)16-6-7-19(28)25-20(16)29/h4-5,8,11,16H,6-7,9-10H2,1-3H3,(H2,23,24,31)(H,25,28,29). The number of benzene rings is 1. The smallest absolute Gasteiger partial charge is 0.319 e. The summed E-state index contributed by atoms with van der Waals surface area (Å²) in [5.41, 5.74) is 4.09. The second-order valence-corrected chi connectivity index (χ2v) is 9.14. The number of anilines is 2. The molecular formula is C22H25N5O4S. The Morgan fingerprint density at radius 3 is 2.78 bits per heavy atom. The van der Waals surface area contributed by atoms with E-state index in [4.69, 9.17) is 0 Å². The van der Waals surface area contributed by atoms with Gasteiger partial charge in [-0.25, -0.2) is 4.79 Å². The largest absolute Gasteiger partial charge is 0.376 e. The maximum absolute atomic E-state index is 12.8. The lowest BCUT2D eigenvalue weighted by Crippen LogP contribution is -2.52. The molecule has 0 spiro atoms. The Morgan fingerprint density at radius 2 is 2.06 bits per heavy atom. The van der Waals surface area contributed by atoms with Crippen LogP contribution in [0.2, 0.25) is 0 Å². The molecule has 5 amide bonds. The summed E-state index contributed by atoms with van der Waals surface area (Å²) in [6.45, 7) is 2.56. The van der Waals surface area contributed by atoms with Crippen LogP contribution in [0.15, 0.2) is 23.6 Å². The molecule has 3 heterocycles. The van der Waals surface area contributed by atoms with E-state index in [1.807, 2.05) is 44.1 Å². The van der Waals surface area contributed by atoms with Crippen molar-refractivity contribution in [3.05, 3.63) is 45.1 Å². The highest BCUT2D eigenvalue weighted by Crippen LogP contribution is 2.33. The zero-order valence-corrected chi connectivity index (χ0v) is 19.0. The van der Waals surface area contributed by atoms with Crippen LogP contribution in [-0.2, 0) is 22.7 Å². The van der Waals surface area contributed by atoms with E-state index in [-0.39, 0.29) is 30.8 Å². The number of urea groups is 1. The van der Waals surface area contributed by atoms with Crippen molar-refractivity contribution in [1.82, 2.24) is 15.5 Å². The van der Waals surface area contributed by atoms with Gasteiger partial charge in [-0.1, -0.05) is 6.07 Å². The SMILES string of the molecule is Cc1ccc(NC(=O)NCc2scc3c2CN(C2CCC(=O)NC2=O)C3=O)c(N(C)C)c1. The molecule has 10 heteroatoms. The lowest BCUT2D eigenvalue weighted by Gasteiger charge is -2.29. The highest BCUT2D eigenvalue weighted by Gasteiger charge is 2.40. The molecule has 1 aromatic heterocycles. The summed E-state index contributed by atoms with van der Waals surface area (Å²) in [5.74, 6) is -0.956. The van der Waals surface area contributed by atoms with Crippen molar-refractivity contribution in [3.63, 3.8) is 0 Å². The van der Waals surface area contributed by atoms with Crippen molar-refractivity contribution in [3.8, 4) is 0 Å². The monoisotopic (exact) mass is 455 g/mol. The zero-order chi connectivity index (χ0) is 23.0. The van der Waals surface area contributed by atoms with Gasteiger partial charge in [0.25, 0.3) is 5.91 Å². The molecule has 1 atom stereocenters. The molecule has 4 rings (SSSR count). The van der Waals surface area contributed by atoms with Crippen LogP contribution in [0.25, 0.3) is 0 Å². The van der Waals surface area contributed by atoms with Crippen molar-refractivity contribution in [2.45, 2.75) is 38.9 Å². The molecule has 0 radical (unpaired) electrons.